The van der Waals surface area contributed by atoms with Crippen LogP contribution in [0.5, 0.6) is 0 Å². The Bertz CT molecular complexity index is 1460. The highest BCUT2D eigenvalue weighted by atomic mass is 19.1. The Kier molecular flexibility index (Phi) is 5.43. The van der Waals surface area contributed by atoms with E-state index in [9.17, 15) is 18.4 Å². The molecule has 1 aliphatic rings. The van der Waals surface area contributed by atoms with Gasteiger partial charge in [-0.2, -0.15) is 5.10 Å². The normalized spacial score (nSPS) is 17.7. The van der Waals surface area contributed by atoms with Crippen molar-refractivity contribution in [1.29, 1.82) is 0 Å². The summed E-state index contributed by atoms with van der Waals surface area (Å²) in [4.78, 5) is 27.0. The zero-order valence-electron chi connectivity index (χ0n) is 18.6. The molecule has 0 saturated carbocycles. The lowest BCUT2D eigenvalue weighted by Crippen LogP contribution is -2.43. The standard InChI is InChI=1S/C24H22F2N6O2/c1-13-12-31(14(2)22-29-28-21(11-25)32(13)22)24(34)18-9-15(7-8-19(18)26)10-20-16-5-3-4-6-17(16)23(33)30-27-20/h3-9,13-14H,10-12H2,1-2H3,(H,30,33). The van der Waals surface area contributed by atoms with Gasteiger partial charge in [0.2, 0.25) is 0 Å². The fraction of sp³-hybridized carbons (Fsp3) is 0.292. The molecule has 1 N–H and O–H groups in total. The first kappa shape index (κ1) is 21.9. The molecule has 0 spiro atoms. The number of hydrogen-bond donors (Lipinski definition) is 1. The van der Waals surface area contributed by atoms with Crippen LogP contribution in [0.3, 0.4) is 0 Å². The first-order valence-electron chi connectivity index (χ1n) is 10.9. The van der Waals surface area contributed by atoms with Gasteiger partial charge in [0, 0.05) is 18.4 Å². The van der Waals surface area contributed by atoms with Crippen LogP contribution in [0.1, 0.15) is 59.2 Å². The second-order valence-corrected chi connectivity index (χ2v) is 8.50. The number of aromatic nitrogens is 5. The number of nitrogens with zero attached hydrogens (tertiary/aromatic N) is 5. The van der Waals surface area contributed by atoms with Crippen LogP contribution in [-0.2, 0) is 13.1 Å². The lowest BCUT2D eigenvalue weighted by atomic mass is 10.0. The van der Waals surface area contributed by atoms with E-state index in [1.54, 1.807) is 35.8 Å². The molecule has 5 rings (SSSR count). The summed E-state index contributed by atoms with van der Waals surface area (Å²) in [5, 5.41) is 15.8. The van der Waals surface area contributed by atoms with Gasteiger partial charge in [-0.1, -0.05) is 24.3 Å². The van der Waals surface area contributed by atoms with Gasteiger partial charge in [0.1, 0.15) is 12.5 Å². The highest BCUT2D eigenvalue weighted by Gasteiger charge is 2.36. The van der Waals surface area contributed by atoms with Gasteiger partial charge in [-0.15, -0.1) is 10.2 Å². The minimum absolute atomic E-state index is 0.0658. The molecule has 0 bridgehead atoms. The number of amides is 1. The van der Waals surface area contributed by atoms with Crippen molar-refractivity contribution in [2.24, 2.45) is 0 Å². The van der Waals surface area contributed by atoms with Gasteiger partial charge in [0.15, 0.2) is 11.6 Å². The number of aromatic amines is 1. The summed E-state index contributed by atoms with van der Waals surface area (Å²) >= 11 is 0. The number of H-pyrrole nitrogens is 1. The topological polar surface area (TPSA) is 96.8 Å². The number of hydrogen-bond acceptors (Lipinski definition) is 5. The first-order chi connectivity index (χ1) is 16.4. The lowest BCUT2D eigenvalue weighted by molar-refractivity contribution is 0.0594. The predicted molar refractivity (Wildman–Crippen MR) is 121 cm³/mol. The van der Waals surface area contributed by atoms with Gasteiger partial charge >= 0.3 is 0 Å². The molecule has 8 nitrogen and oxygen atoms in total. The van der Waals surface area contributed by atoms with Gasteiger partial charge in [-0.3, -0.25) is 9.59 Å². The molecule has 2 unspecified atom stereocenters. The largest absolute Gasteiger partial charge is 0.327 e. The van der Waals surface area contributed by atoms with Crippen LogP contribution in [0.15, 0.2) is 47.3 Å². The minimum atomic E-state index is -0.748. The maximum atomic E-state index is 14.8. The summed E-state index contributed by atoms with van der Waals surface area (Å²) in [7, 11) is 0. The molecule has 4 aromatic rings. The summed E-state index contributed by atoms with van der Waals surface area (Å²) in [5.41, 5.74) is 0.942. The quantitative estimate of drug-likeness (QED) is 0.499. The zero-order chi connectivity index (χ0) is 24.0. The molecule has 0 radical (unpaired) electrons. The summed E-state index contributed by atoms with van der Waals surface area (Å²) in [6, 6.07) is 10.7. The number of rotatable bonds is 4. The summed E-state index contributed by atoms with van der Waals surface area (Å²) in [5.74, 6) is -0.422. The summed E-state index contributed by atoms with van der Waals surface area (Å²) in [6.07, 6.45) is 0.304. The molecule has 10 heteroatoms. The van der Waals surface area contributed by atoms with Crippen LogP contribution in [-0.4, -0.2) is 42.3 Å². The van der Waals surface area contributed by atoms with Crippen LogP contribution in [0.4, 0.5) is 8.78 Å². The van der Waals surface area contributed by atoms with E-state index in [1.165, 1.54) is 17.0 Å². The van der Waals surface area contributed by atoms with Crippen molar-refractivity contribution >= 4 is 16.7 Å². The number of benzene rings is 2. The number of carbonyl (C=O) groups excluding carboxylic acids is 1. The van der Waals surface area contributed by atoms with Crippen molar-refractivity contribution in [3.05, 3.63) is 87.1 Å². The molecule has 174 valence electrons. The van der Waals surface area contributed by atoms with Gasteiger partial charge in [-0.05, 0) is 37.6 Å². The number of fused-ring (bicyclic) bond motifs is 2. The first-order valence-corrected chi connectivity index (χ1v) is 10.9. The maximum absolute atomic E-state index is 14.8. The fourth-order valence-electron chi connectivity index (χ4n) is 4.62. The Morgan fingerprint density at radius 1 is 1.15 bits per heavy atom. The van der Waals surface area contributed by atoms with E-state index in [1.807, 2.05) is 13.0 Å². The molecule has 0 aliphatic carbocycles. The van der Waals surface area contributed by atoms with Gasteiger partial charge < -0.3 is 9.47 Å². The van der Waals surface area contributed by atoms with Crippen molar-refractivity contribution in [1.82, 2.24) is 29.9 Å². The van der Waals surface area contributed by atoms with Crippen LogP contribution in [0, 0.1) is 5.82 Å². The maximum Gasteiger partial charge on any atom is 0.272 e. The van der Waals surface area contributed by atoms with Crippen molar-refractivity contribution in [3.8, 4) is 0 Å². The van der Waals surface area contributed by atoms with E-state index in [4.69, 9.17) is 0 Å². The molecular weight excluding hydrogens is 442 g/mol. The Morgan fingerprint density at radius 3 is 2.68 bits per heavy atom. The zero-order valence-corrected chi connectivity index (χ0v) is 18.6. The predicted octanol–water partition coefficient (Wildman–Crippen LogP) is 3.49. The second-order valence-electron chi connectivity index (χ2n) is 8.50. The molecule has 2 aromatic heterocycles. The van der Waals surface area contributed by atoms with E-state index < -0.39 is 24.4 Å². The number of nitrogens with one attached hydrogen (secondary N) is 1. The SMILES string of the molecule is CC1c2nnc(CF)n2C(C)CN1C(=O)c1cc(Cc2n[nH]c(=O)c3ccccc23)ccc1F. The fourth-order valence-corrected chi connectivity index (χ4v) is 4.62. The average molecular weight is 464 g/mol. The number of halogens is 2. The Hall–Kier alpha value is -3.95. The molecule has 1 aliphatic heterocycles. The molecule has 2 atom stereocenters. The smallest absolute Gasteiger partial charge is 0.272 e. The lowest BCUT2D eigenvalue weighted by Gasteiger charge is -2.37. The van der Waals surface area contributed by atoms with E-state index in [2.05, 4.69) is 20.4 Å². The van der Waals surface area contributed by atoms with Crippen molar-refractivity contribution in [2.75, 3.05) is 6.54 Å². The molecule has 1 amide bonds. The molecule has 0 fully saturated rings. The molecule has 3 heterocycles. The number of carbonyl (C=O) groups is 1. The van der Waals surface area contributed by atoms with Gasteiger partial charge in [0.25, 0.3) is 11.5 Å². The molecule has 34 heavy (non-hydrogen) atoms. The van der Waals surface area contributed by atoms with E-state index in [0.717, 1.165) is 0 Å². The monoisotopic (exact) mass is 464 g/mol. The van der Waals surface area contributed by atoms with Crippen LogP contribution >= 0.6 is 0 Å². The molecular formula is C24H22F2N6O2. The second kappa shape index (κ2) is 8.44. The van der Waals surface area contributed by atoms with Crippen LogP contribution in [0.2, 0.25) is 0 Å². The summed E-state index contributed by atoms with van der Waals surface area (Å²) < 4.78 is 29.8. The molecule has 2 aromatic carbocycles. The van der Waals surface area contributed by atoms with Crippen molar-refractivity contribution in [3.63, 3.8) is 0 Å². The highest BCUT2D eigenvalue weighted by Crippen LogP contribution is 2.32. The molecule has 0 saturated heterocycles. The van der Waals surface area contributed by atoms with E-state index >= 15 is 0 Å². The third-order valence-electron chi connectivity index (χ3n) is 6.32. The van der Waals surface area contributed by atoms with Gasteiger partial charge in [-0.25, -0.2) is 13.9 Å². The van der Waals surface area contributed by atoms with Crippen LogP contribution < -0.4 is 5.56 Å². The van der Waals surface area contributed by atoms with E-state index in [-0.39, 0.29) is 29.5 Å². The Balaban J connectivity index is 1.47. The van der Waals surface area contributed by atoms with Crippen LogP contribution in [0.25, 0.3) is 10.8 Å². The minimum Gasteiger partial charge on any atom is -0.327 e. The Labute approximate surface area is 193 Å². The summed E-state index contributed by atoms with van der Waals surface area (Å²) in [6.45, 7) is 3.14. The Morgan fingerprint density at radius 2 is 1.91 bits per heavy atom. The van der Waals surface area contributed by atoms with Crippen molar-refractivity contribution in [2.45, 2.75) is 39.0 Å². The van der Waals surface area contributed by atoms with Gasteiger partial charge in [0.05, 0.1) is 28.7 Å². The van der Waals surface area contributed by atoms with E-state index in [0.29, 0.717) is 34.3 Å². The highest BCUT2D eigenvalue weighted by molar-refractivity contribution is 5.95. The third-order valence-corrected chi connectivity index (χ3v) is 6.32. The third kappa shape index (κ3) is 3.55. The number of alkyl halides is 1. The van der Waals surface area contributed by atoms with Crippen molar-refractivity contribution < 1.29 is 13.6 Å². The average Bonchev–Trinajstić information content (AvgIpc) is 3.29.